The molecule has 0 aliphatic rings. The Balaban J connectivity index is 1.95. The number of Topliss-reactive ketones (excluding diaryl/α,β-unsaturated/α-hetero) is 1. The van der Waals surface area contributed by atoms with Gasteiger partial charge in [-0.2, -0.15) is 0 Å². The molecule has 3 aromatic rings. The van der Waals surface area contributed by atoms with E-state index < -0.39 is 0 Å². The molecule has 3 aromatic carbocycles. The van der Waals surface area contributed by atoms with Crippen LogP contribution in [0.3, 0.4) is 0 Å². The van der Waals surface area contributed by atoms with E-state index in [4.69, 9.17) is 0 Å². The van der Waals surface area contributed by atoms with Gasteiger partial charge in [0.05, 0.1) is 5.92 Å². The molecule has 0 aliphatic carbocycles. The van der Waals surface area contributed by atoms with Crippen LogP contribution in [0.2, 0.25) is 0 Å². The predicted octanol–water partition coefficient (Wildman–Crippen LogP) is 4.94. The number of ketones is 1. The van der Waals surface area contributed by atoms with Crippen molar-refractivity contribution in [3.05, 3.63) is 107 Å². The molecule has 0 amide bonds. The summed E-state index contributed by atoms with van der Waals surface area (Å²) < 4.78 is 0. The van der Waals surface area contributed by atoms with E-state index in [-0.39, 0.29) is 11.7 Å². The third-order valence-electron chi connectivity index (χ3n) is 4.09. The van der Waals surface area contributed by atoms with Crippen molar-refractivity contribution in [3.8, 4) is 0 Å². The van der Waals surface area contributed by atoms with Gasteiger partial charge in [-0.05, 0) is 23.6 Å². The smallest absolute Gasteiger partial charge is 0.149 e. The van der Waals surface area contributed by atoms with Crippen LogP contribution in [-0.4, -0.2) is 5.78 Å². The van der Waals surface area contributed by atoms with E-state index >= 15 is 0 Å². The van der Waals surface area contributed by atoms with Gasteiger partial charge in [0.25, 0.3) is 0 Å². The molecule has 1 atom stereocenters. The van der Waals surface area contributed by atoms with E-state index in [0.29, 0.717) is 6.42 Å². The molecular weight excluding hydrogens is 280 g/mol. The highest BCUT2D eigenvalue weighted by molar-refractivity contribution is 5.90. The van der Waals surface area contributed by atoms with Gasteiger partial charge < -0.3 is 0 Å². The SMILES string of the molecule is Cc1ccc(C(C(=O)Cc2ccccc2)c2ccccc2)cc1. The van der Waals surface area contributed by atoms with Crippen LogP contribution < -0.4 is 0 Å². The Bertz CT molecular complexity index is 758. The molecule has 114 valence electrons. The number of hydrogen-bond donors (Lipinski definition) is 0. The third-order valence-corrected chi connectivity index (χ3v) is 4.09. The Morgan fingerprint density at radius 3 is 1.87 bits per heavy atom. The van der Waals surface area contributed by atoms with Gasteiger partial charge >= 0.3 is 0 Å². The van der Waals surface area contributed by atoms with Crippen LogP contribution >= 0.6 is 0 Å². The largest absolute Gasteiger partial charge is 0.298 e. The number of carbonyl (C=O) groups excluding carboxylic acids is 1. The van der Waals surface area contributed by atoms with Crippen molar-refractivity contribution in [1.82, 2.24) is 0 Å². The molecule has 0 radical (unpaired) electrons. The fraction of sp³-hybridized carbons (Fsp3) is 0.136. The molecule has 0 aromatic heterocycles. The average molecular weight is 300 g/mol. The van der Waals surface area contributed by atoms with Crippen LogP contribution in [0.1, 0.15) is 28.2 Å². The molecule has 0 heterocycles. The molecule has 0 fully saturated rings. The zero-order valence-electron chi connectivity index (χ0n) is 13.3. The van der Waals surface area contributed by atoms with Crippen LogP contribution in [-0.2, 0) is 11.2 Å². The number of hydrogen-bond acceptors (Lipinski definition) is 1. The first kappa shape index (κ1) is 15.2. The van der Waals surface area contributed by atoms with Gasteiger partial charge in [0, 0.05) is 6.42 Å². The van der Waals surface area contributed by atoms with Gasteiger partial charge in [-0.1, -0.05) is 90.5 Å². The maximum absolute atomic E-state index is 13.0. The Hall–Kier alpha value is -2.67. The standard InChI is InChI=1S/C22H20O/c1-17-12-14-20(15-13-17)22(19-10-6-3-7-11-19)21(23)16-18-8-4-2-5-9-18/h2-15,22H,16H2,1H3. The molecule has 0 saturated carbocycles. The minimum Gasteiger partial charge on any atom is -0.298 e. The summed E-state index contributed by atoms with van der Waals surface area (Å²) in [4.78, 5) is 13.0. The zero-order chi connectivity index (χ0) is 16.1. The molecule has 0 saturated heterocycles. The van der Waals surface area contributed by atoms with E-state index in [2.05, 4.69) is 31.2 Å². The Labute approximate surface area is 137 Å². The summed E-state index contributed by atoms with van der Waals surface area (Å²) in [5.74, 6) is 0.0169. The van der Waals surface area contributed by atoms with Crippen LogP contribution in [0.4, 0.5) is 0 Å². The summed E-state index contributed by atoms with van der Waals surface area (Å²) in [5, 5.41) is 0. The summed E-state index contributed by atoms with van der Waals surface area (Å²) >= 11 is 0. The quantitative estimate of drug-likeness (QED) is 0.652. The summed E-state index contributed by atoms with van der Waals surface area (Å²) in [6.45, 7) is 2.06. The van der Waals surface area contributed by atoms with E-state index in [9.17, 15) is 4.79 Å². The van der Waals surface area contributed by atoms with Crippen molar-refractivity contribution in [2.45, 2.75) is 19.3 Å². The summed E-state index contributed by atoms with van der Waals surface area (Å²) in [6, 6.07) is 28.3. The van der Waals surface area contributed by atoms with Gasteiger partial charge in [-0.25, -0.2) is 0 Å². The van der Waals surface area contributed by atoms with Gasteiger partial charge in [-0.3, -0.25) is 4.79 Å². The molecule has 1 heteroatoms. The Morgan fingerprint density at radius 2 is 1.26 bits per heavy atom. The summed E-state index contributed by atoms with van der Waals surface area (Å²) in [7, 11) is 0. The normalized spacial score (nSPS) is 11.9. The maximum atomic E-state index is 13.0. The number of benzene rings is 3. The first-order valence-corrected chi connectivity index (χ1v) is 7.92. The zero-order valence-corrected chi connectivity index (χ0v) is 13.3. The molecule has 1 unspecified atom stereocenters. The van der Waals surface area contributed by atoms with Gasteiger partial charge in [0.2, 0.25) is 0 Å². The van der Waals surface area contributed by atoms with Crippen LogP contribution in [0.15, 0.2) is 84.9 Å². The van der Waals surface area contributed by atoms with Crippen LogP contribution in [0.5, 0.6) is 0 Å². The average Bonchev–Trinajstić information content (AvgIpc) is 2.59. The van der Waals surface area contributed by atoms with Crippen molar-refractivity contribution in [3.63, 3.8) is 0 Å². The topological polar surface area (TPSA) is 17.1 Å². The number of rotatable bonds is 5. The second-order valence-corrected chi connectivity index (χ2v) is 5.88. The van der Waals surface area contributed by atoms with Gasteiger partial charge in [0.15, 0.2) is 0 Å². The molecule has 3 rings (SSSR count). The first-order chi connectivity index (χ1) is 11.2. The van der Waals surface area contributed by atoms with E-state index in [0.717, 1.165) is 16.7 Å². The predicted molar refractivity (Wildman–Crippen MR) is 94.6 cm³/mol. The second kappa shape index (κ2) is 7.06. The van der Waals surface area contributed by atoms with Crippen molar-refractivity contribution in [2.75, 3.05) is 0 Å². The number of aryl methyl sites for hydroxylation is 1. The van der Waals surface area contributed by atoms with Crippen molar-refractivity contribution in [1.29, 1.82) is 0 Å². The fourth-order valence-corrected chi connectivity index (χ4v) is 2.87. The lowest BCUT2D eigenvalue weighted by atomic mass is 9.85. The van der Waals surface area contributed by atoms with Gasteiger partial charge in [0.1, 0.15) is 5.78 Å². The minimum atomic E-state index is -0.211. The van der Waals surface area contributed by atoms with Crippen molar-refractivity contribution < 1.29 is 4.79 Å². The lowest BCUT2D eigenvalue weighted by Crippen LogP contribution is -2.16. The molecule has 1 nitrogen and oxygen atoms in total. The molecule has 0 N–H and O–H groups in total. The van der Waals surface area contributed by atoms with E-state index in [1.165, 1.54) is 5.56 Å². The van der Waals surface area contributed by atoms with Crippen LogP contribution in [0, 0.1) is 6.92 Å². The molecule has 23 heavy (non-hydrogen) atoms. The number of carbonyl (C=O) groups is 1. The van der Waals surface area contributed by atoms with Crippen LogP contribution in [0.25, 0.3) is 0 Å². The van der Waals surface area contributed by atoms with Crippen molar-refractivity contribution in [2.24, 2.45) is 0 Å². The fourth-order valence-electron chi connectivity index (χ4n) is 2.87. The lowest BCUT2D eigenvalue weighted by molar-refractivity contribution is -0.119. The second-order valence-electron chi connectivity index (χ2n) is 5.88. The van der Waals surface area contributed by atoms with E-state index in [1.807, 2.05) is 60.7 Å². The Kier molecular flexibility index (Phi) is 4.68. The van der Waals surface area contributed by atoms with Gasteiger partial charge in [-0.15, -0.1) is 0 Å². The Morgan fingerprint density at radius 1 is 0.739 bits per heavy atom. The third kappa shape index (κ3) is 3.75. The first-order valence-electron chi connectivity index (χ1n) is 7.92. The van der Waals surface area contributed by atoms with Crippen molar-refractivity contribution >= 4 is 5.78 Å². The molecule has 0 bridgehead atoms. The highest BCUT2D eigenvalue weighted by atomic mass is 16.1. The highest BCUT2D eigenvalue weighted by Crippen LogP contribution is 2.27. The summed E-state index contributed by atoms with van der Waals surface area (Å²) in [5.41, 5.74) is 4.38. The molecule has 0 spiro atoms. The van der Waals surface area contributed by atoms with E-state index in [1.54, 1.807) is 0 Å². The molecular formula is C22H20O. The highest BCUT2D eigenvalue weighted by Gasteiger charge is 2.22. The molecule has 0 aliphatic heterocycles. The lowest BCUT2D eigenvalue weighted by Gasteiger charge is -2.17. The monoisotopic (exact) mass is 300 g/mol. The maximum Gasteiger partial charge on any atom is 0.149 e. The minimum absolute atomic E-state index is 0.211. The summed E-state index contributed by atoms with van der Waals surface area (Å²) in [6.07, 6.45) is 0.453.